The molecule has 0 saturated heterocycles. The molecule has 0 radical (unpaired) electrons. The van der Waals surface area contributed by atoms with Crippen LogP contribution in [0.25, 0.3) is 0 Å². The SMILES string of the molecule is CNC(=O)c1cc(NCC(O)CO)cc(C(=O)NC)c1. The van der Waals surface area contributed by atoms with Gasteiger partial charge in [0, 0.05) is 37.5 Å². The number of carbonyl (C=O) groups is 2. The average Bonchev–Trinajstić information content (AvgIpc) is 2.50. The minimum Gasteiger partial charge on any atom is -0.394 e. The molecule has 1 aromatic rings. The minimum absolute atomic E-state index is 0.112. The van der Waals surface area contributed by atoms with Gasteiger partial charge in [-0.3, -0.25) is 9.59 Å². The first kappa shape index (κ1) is 15.9. The summed E-state index contributed by atoms with van der Waals surface area (Å²) in [5.41, 5.74) is 1.17. The molecule has 0 heterocycles. The van der Waals surface area contributed by atoms with Crippen molar-refractivity contribution in [3.8, 4) is 0 Å². The van der Waals surface area contributed by atoms with Crippen molar-refractivity contribution in [2.24, 2.45) is 0 Å². The predicted molar refractivity (Wildman–Crippen MR) is 74.8 cm³/mol. The van der Waals surface area contributed by atoms with Gasteiger partial charge < -0.3 is 26.2 Å². The zero-order valence-corrected chi connectivity index (χ0v) is 11.4. The van der Waals surface area contributed by atoms with E-state index in [0.29, 0.717) is 16.8 Å². The second-order valence-electron chi connectivity index (χ2n) is 4.17. The van der Waals surface area contributed by atoms with Gasteiger partial charge in [0.25, 0.3) is 11.8 Å². The van der Waals surface area contributed by atoms with Crippen molar-refractivity contribution in [3.63, 3.8) is 0 Å². The predicted octanol–water partition coefficient (Wildman–Crippen LogP) is -0.829. The molecule has 1 unspecified atom stereocenters. The molecule has 1 atom stereocenters. The molecule has 0 aromatic heterocycles. The van der Waals surface area contributed by atoms with Gasteiger partial charge >= 0.3 is 0 Å². The number of aliphatic hydroxyl groups excluding tert-OH is 2. The number of anilines is 1. The molecular weight excluding hydrogens is 262 g/mol. The van der Waals surface area contributed by atoms with E-state index >= 15 is 0 Å². The third kappa shape index (κ3) is 4.22. The van der Waals surface area contributed by atoms with E-state index in [2.05, 4.69) is 16.0 Å². The first-order valence-electron chi connectivity index (χ1n) is 6.13. The highest BCUT2D eigenvalue weighted by atomic mass is 16.3. The van der Waals surface area contributed by atoms with Crippen molar-refractivity contribution in [1.82, 2.24) is 10.6 Å². The number of carbonyl (C=O) groups excluding carboxylic acids is 2. The van der Waals surface area contributed by atoms with Crippen LogP contribution in [0.5, 0.6) is 0 Å². The highest BCUT2D eigenvalue weighted by Crippen LogP contribution is 2.15. The van der Waals surface area contributed by atoms with Gasteiger partial charge in [-0.15, -0.1) is 0 Å². The van der Waals surface area contributed by atoms with Crippen LogP contribution < -0.4 is 16.0 Å². The lowest BCUT2D eigenvalue weighted by molar-refractivity contribution is 0.0962. The van der Waals surface area contributed by atoms with E-state index in [9.17, 15) is 14.7 Å². The molecule has 0 aliphatic rings. The van der Waals surface area contributed by atoms with Crippen molar-refractivity contribution in [3.05, 3.63) is 29.3 Å². The number of amides is 2. The average molecular weight is 281 g/mol. The second kappa shape index (κ2) is 7.46. The summed E-state index contributed by atoms with van der Waals surface area (Å²) >= 11 is 0. The molecule has 7 nitrogen and oxygen atoms in total. The Balaban J connectivity index is 3.03. The third-order valence-electron chi connectivity index (χ3n) is 2.66. The molecule has 0 aliphatic heterocycles. The van der Waals surface area contributed by atoms with Crippen molar-refractivity contribution in [2.45, 2.75) is 6.10 Å². The van der Waals surface area contributed by atoms with Crippen LogP contribution in [-0.4, -0.2) is 55.4 Å². The third-order valence-corrected chi connectivity index (χ3v) is 2.66. The van der Waals surface area contributed by atoms with E-state index in [1.165, 1.54) is 20.2 Å². The van der Waals surface area contributed by atoms with Gasteiger partial charge in [0.05, 0.1) is 12.7 Å². The van der Waals surface area contributed by atoms with E-state index in [-0.39, 0.29) is 25.0 Å². The van der Waals surface area contributed by atoms with E-state index in [4.69, 9.17) is 5.11 Å². The van der Waals surface area contributed by atoms with Gasteiger partial charge in [-0.1, -0.05) is 0 Å². The van der Waals surface area contributed by atoms with E-state index < -0.39 is 6.10 Å². The minimum atomic E-state index is -0.915. The fourth-order valence-corrected chi connectivity index (χ4v) is 1.58. The molecule has 2 amide bonds. The Morgan fingerprint density at radius 2 is 1.60 bits per heavy atom. The first-order valence-corrected chi connectivity index (χ1v) is 6.13. The molecule has 0 saturated carbocycles. The van der Waals surface area contributed by atoms with Gasteiger partial charge in [0.2, 0.25) is 0 Å². The zero-order valence-electron chi connectivity index (χ0n) is 11.4. The Labute approximate surface area is 117 Å². The summed E-state index contributed by atoms with van der Waals surface area (Å²) in [5, 5.41) is 25.9. The van der Waals surface area contributed by atoms with E-state index in [1.54, 1.807) is 12.1 Å². The molecule has 0 bridgehead atoms. The van der Waals surface area contributed by atoms with Crippen LogP contribution in [0.4, 0.5) is 5.69 Å². The highest BCUT2D eigenvalue weighted by Gasteiger charge is 2.12. The Bertz CT molecular complexity index is 456. The lowest BCUT2D eigenvalue weighted by atomic mass is 10.1. The van der Waals surface area contributed by atoms with Crippen LogP contribution in [0.2, 0.25) is 0 Å². The Morgan fingerprint density at radius 3 is 2.00 bits per heavy atom. The lowest BCUT2D eigenvalue weighted by Crippen LogP contribution is -2.24. The van der Waals surface area contributed by atoms with Crippen LogP contribution in [0.3, 0.4) is 0 Å². The van der Waals surface area contributed by atoms with Gasteiger partial charge in [-0.05, 0) is 18.2 Å². The summed E-state index contributed by atoms with van der Waals surface area (Å²) in [6, 6.07) is 4.61. The molecule has 1 aromatic carbocycles. The second-order valence-corrected chi connectivity index (χ2v) is 4.17. The van der Waals surface area contributed by atoms with Crippen molar-refractivity contribution in [2.75, 3.05) is 32.6 Å². The quantitative estimate of drug-likeness (QED) is 0.467. The fraction of sp³-hybridized carbons (Fsp3) is 0.385. The normalized spacial score (nSPS) is 11.6. The maximum atomic E-state index is 11.7. The van der Waals surface area contributed by atoms with E-state index in [0.717, 1.165) is 0 Å². The molecule has 1 rings (SSSR count). The number of rotatable bonds is 6. The molecule has 7 heteroatoms. The molecule has 0 fully saturated rings. The Hall–Kier alpha value is -2.12. The standard InChI is InChI=1S/C13H19N3O4/c1-14-12(19)8-3-9(13(20)15-2)5-10(4-8)16-6-11(18)7-17/h3-5,11,16-18H,6-7H2,1-2H3,(H,14,19)(H,15,20). The fourth-order valence-electron chi connectivity index (χ4n) is 1.58. The summed E-state index contributed by atoms with van der Waals surface area (Å²) in [4.78, 5) is 23.3. The maximum Gasteiger partial charge on any atom is 0.251 e. The van der Waals surface area contributed by atoms with Gasteiger partial charge in [-0.25, -0.2) is 0 Å². The van der Waals surface area contributed by atoms with E-state index in [1.807, 2.05) is 0 Å². The zero-order chi connectivity index (χ0) is 15.1. The number of hydrogen-bond acceptors (Lipinski definition) is 5. The summed E-state index contributed by atoms with van der Waals surface area (Å²) in [5.74, 6) is -0.636. The molecule has 0 spiro atoms. The van der Waals surface area contributed by atoms with Crippen LogP contribution >= 0.6 is 0 Å². The summed E-state index contributed by atoms with van der Waals surface area (Å²) < 4.78 is 0. The number of aliphatic hydroxyl groups is 2. The highest BCUT2D eigenvalue weighted by molar-refractivity contribution is 6.00. The van der Waals surface area contributed by atoms with Crippen molar-refractivity contribution < 1.29 is 19.8 Å². The Morgan fingerprint density at radius 1 is 1.10 bits per heavy atom. The Kier molecular flexibility index (Phi) is 5.95. The van der Waals surface area contributed by atoms with Crippen LogP contribution in [-0.2, 0) is 0 Å². The monoisotopic (exact) mass is 281 g/mol. The first-order chi connectivity index (χ1) is 9.51. The van der Waals surface area contributed by atoms with Crippen molar-refractivity contribution >= 4 is 17.5 Å². The van der Waals surface area contributed by atoms with Crippen LogP contribution in [0.1, 0.15) is 20.7 Å². The lowest BCUT2D eigenvalue weighted by Gasteiger charge is -2.13. The molecule has 5 N–H and O–H groups in total. The number of benzene rings is 1. The molecule has 20 heavy (non-hydrogen) atoms. The molecular formula is C13H19N3O4. The smallest absolute Gasteiger partial charge is 0.251 e. The van der Waals surface area contributed by atoms with Gasteiger partial charge in [0.15, 0.2) is 0 Å². The van der Waals surface area contributed by atoms with Gasteiger partial charge in [-0.2, -0.15) is 0 Å². The van der Waals surface area contributed by atoms with Gasteiger partial charge in [0.1, 0.15) is 0 Å². The van der Waals surface area contributed by atoms with Crippen LogP contribution in [0.15, 0.2) is 18.2 Å². The number of hydrogen-bond donors (Lipinski definition) is 5. The topological polar surface area (TPSA) is 111 Å². The van der Waals surface area contributed by atoms with Crippen molar-refractivity contribution in [1.29, 1.82) is 0 Å². The summed E-state index contributed by atoms with van der Waals surface area (Å²) in [6.07, 6.45) is -0.915. The maximum absolute atomic E-state index is 11.7. The van der Waals surface area contributed by atoms with Crippen LogP contribution in [0, 0.1) is 0 Å². The summed E-state index contributed by atoms with van der Waals surface area (Å²) in [6.45, 7) is -0.259. The summed E-state index contributed by atoms with van der Waals surface area (Å²) in [7, 11) is 3.00. The number of nitrogens with one attached hydrogen (secondary N) is 3. The molecule has 0 aliphatic carbocycles. The molecule has 110 valence electrons. The largest absolute Gasteiger partial charge is 0.394 e.